The molecule has 27 heavy (non-hydrogen) atoms. The fraction of sp³-hybridized carbons (Fsp3) is 0.350. The first-order valence-electron chi connectivity index (χ1n) is 8.78. The lowest BCUT2D eigenvalue weighted by atomic mass is 10.0. The Hall–Kier alpha value is -2.77. The molecule has 1 heterocycles. The highest BCUT2D eigenvalue weighted by molar-refractivity contribution is 5.82. The number of hydrogen-bond donors (Lipinski definition) is 3. The Labute approximate surface area is 159 Å². The lowest BCUT2D eigenvalue weighted by Crippen LogP contribution is -2.42. The van der Waals surface area contributed by atoms with Crippen molar-refractivity contribution >= 4 is 5.91 Å². The van der Waals surface area contributed by atoms with E-state index in [4.69, 9.17) is 14.2 Å². The van der Waals surface area contributed by atoms with Crippen LogP contribution in [0.25, 0.3) is 0 Å². The number of ether oxygens (including phenoxy) is 3. The third-order valence-electron chi connectivity index (χ3n) is 4.61. The van der Waals surface area contributed by atoms with E-state index < -0.39 is 0 Å². The smallest absolute Gasteiger partial charge is 0.238 e. The van der Waals surface area contributed by atoms with Crippen molar-refractivity contribution in [3.63, 3.8) is 0 Å². The van der Waals surface area contributed by atoms with E-state index in [0.717, 1.165) is 11.1 Å². The van der Waals surface area contributed by atoms with Gasteiger partial charge in [-0.05, 0) is 29.7 Å². The summed E-state index contributed by atoms with van der Waals surface area (Å²) in [7, 11) is 4.69. The molecule has 2 atom stereocenters. The van der Waals surface area contributed by atoms with E-state index in [1.165, 1.54) is 0 Å². The van der Waals surface area contributed by atoms with Crippen molar-refractivity contribution in [2.45, 2.75) is 25.0 Å². The molecule has 0 aliphatic carbocycles. The molecule has 7 nitrogen and oxygen atoms in total. The minimum Gasteiger partial charge on any atom is -0.493 e. The fourth-order valence-electron chi connectivity index (χ4n) is 3.18. The zero-order chi connectivity index (χ0) is 19.2. The van der Waals surface area contributed by atoms with Gasteiger partial charge in [-0.1, -0.05) is 30.3 Å². The van der Waals surface area contributed by atoms with E-state index in [1.807, 2.05) is 30.3 Å². The van der Waals surface area contributed by atoms with Gasteiger partial charge in [0.2, 0.25) is 11.7 Å². The van der Waals surface area contributed by atoms with Crippen molar-refractivity contribution in [2.24, 2.45) is 0 Å². The molecular weight excluding hydrogens is 346 g/mol. The van der Waals surface area contributed by atoms with Crippen LogP contribution in [0, 0.1) is 0 Å². The summed E-state index contributed by atoms with van der Waals surface area (Å²) < 4.78 is 16.0. The van der Waals surface area contributed by atoms with Crippen LogP contribution in [-0.4, -0.2) is 33.3 Å². The zero-order valence-electron chi connectivity index (χ0n) is 15.7. The highest BCUT2D eigenvalue weighted by atomic mass is 16.5. The second-order valence-corrected chi connectivity index (χ2v) is 6.29. The lowest BCUT2D eigenvalue weighted by Gasteiger charge is -2.15. The Kier molecular flexibility index (Phi) is 6.16. The first kappa shape index (κ1) is 19.0. The number of hydrazine groups is 1. The van der Waals surface area contributed by atoms with Gasteiger partial charge in [0.1, 0.15) is 6.04 Å². The third kappa shape index (κ3) is 4.32. The normalized spacial score (nSPS) is 18.8. The van der Waals surface area contributed by atoms with E-state index >= 15 is 0 Å². The van der Waals surface area contributed by atoms with Gasteiger partial charge in [-0.25, -0.2) is 10.9 Å². The summed E-state index contributed by atoms with van der Waals surface area (Å²) in [6, 6.07) is 13.5. The molecule has 3 N–H and O–H groups in total. The van der Waals surface area contributed by atoms with Crippen molar-refractivity contribution < 1.29 is 19.0 Å². The average molecular weight is 371 g/mol. The number of hydrogen-bond acceptors (Lipinski definition) is 6. The highest BCUT2D eigenvalue weighted by Gasteiger charge is 2.29. The molecule has 1 saturated heterocycles. The van der Waals surface area contributed by atoms with Crippen molar-refractivity contribution in [2.75, 3.05) is 21.3 Å². The van der Waals surface area contributed by atoms with Crippen LogP contribution in [0.2, 0.25) is 0 Å². The van der Waals surface area contributed by atoms with Gasteiger partial charge in [-0.3, -0.25) is 4.79 Å². The molecule has 7 heteroatoms. The van der Waals surface area contributed by atoms with Crippen LogP contribution in [0.4, 0.5) is 0 Å². The summed E-state index contributed by atoms with van der Waals surface area (Å²) in [4.78, 5) is 12.5. The van der Waals surface area contributed by atoms with Crippen LogP contribution >= 0.6 is 0 Å². The summed E-state index contributed by atoms with van der Waals surface area (Å²) in [6.07, 6.45) is 0.686. The summed E-state index contributed by atoms with van der Waals surface area (Å²) >= 11 is 0. The minimum atomic E-state index is -0.294. The molecule has 0 bridgehead atoms. The zero-order valence-corrected chi connectivity index (χ0v) is 15.7. The largest absolute Gasteiger partial charge is 0.493 e. The van der Waals surface area contributed by atoms with Crippen LogP contribution in [0.15, 0.2) is 42.5 Å². The predicted octanol–water partition coefficient (Wildman–Crippen LogP) is 1.94. The van der Waals surface area contributed by atoms with Crippen LogP contribution in [0.1, 0.15) is 23.6 Å². The number of carbonyl (C=O) groups is 1. The molecule has 0 aromatic heterocycles. The topological polar surface area (TPSA) is 80.9 Å². The highest BCUT2D eigenvalue weighted by Crippen LogP contribution is 2.38. The Morgan fingerprint density at radius 2 is 1.70 bits per heavy atom. The maximum absolute atomic E-state index is 12.5. The van der Waals surface area contributed by atoms with Crippen molar-refractivity contribution in [3.8, 4) is 17.2 Å². The van der Waals surface area contributed by atoms with Gasteiger partial charge in [0, 0.05) is 12.6 Å². The molecule has 1 amide bonds. The van der Waals surface area contributed by atoms with Crippen LogP contribution < -0.4 is 30.4 Å². The lowest BCUT2D eigenvalue weighted by molar-refractivity contribution is -0.123. The van der Waals surface area contributed by atoms with E-state index in [2.05, 4.69) is 28.3 Å². The molecule has 1 aliphatic rings. The Morgan fingerprint density at radius 1 is 1.04 bits per heavy atom. The number of benzene rings is 2. The predicted molar refractivity (Wildman–Crippen MR) is 102 cm³/mol. The van der Waals surface area contributed by atoms with Gasteiger partial charge < -0.3 is 19.5 Å². The van der Waals surface area contributed by atoms with Gasteiger partial charge >= 0.3 is 0 Å². The van der Waals surface area contributed by atoms with Gasteiger partial charge in [0.25, 0.3) is 0 Å². The van der Waals surface area contributed by atoms with E-state index in [0.29, 0.717) is 30.2 Å². The summed E-state index contributed by atoms with van der Waals surface area (Å²) in [5.74, 6) is 1.59. The first-order chi connectivity index (χ1) is 13.2. The average Bonchev–Trinajstić information content (AvgIpc) is 3.22. The van der Waals surface area contributed by atoms with Crippen LogP contribution in [-0.2, 0) is 11.3 Å². The molecule has 144 valence electrons. The fourth-order valence-corrected chi connectivity index (χ4v) is 3.18. The SMILES string of the molecule is COc1cc(CNC(=O)C2CC(c3ccccc3)NN2)cc(OC)c1OC. The number of nitrogens with one attached hydrogen (secondary N) is 3. The second-order valence-electron chi connectivity index (χ2n) is 6.29. The molecule has 0 saturated carbocycles. The summed E-state index contributed by atoms with van der Waals surface area (Å²) in [5, 5.41) is 2.96. The monoisotopic (exact) mass is 371 g/mol. The Bertz CT molecular complexity index is 757. The maximum atomic E-state index is 12.5. The molecule has 2 aromatic carbocycles. The second kappa shape index (κ2) is 8.75. The molecule has 2 aromatic rings. The number of amides is 1. The first-order valence-corrected chi connectivity index (χ1v) is 8.78. The molecule has 1 aliphatic heterocycles. The van der Waals surface area contributed by atoms with Gasteiger partial charge in [-0.15, -0.1) is 0 Å². The third-order valence-corrected chi connectivity index (χ3v) is 4.61. The summed E-state index contributed by atoms with van der Waals surface area (Å²) in [6.45, 7) is 0.365. The van der Waals surface area contributed by atoms with Crippen molar-refractivity contribution in [3.05, 3.63) is 53.6 Å². The van der Waals surface area contributed by atoms with Crippen molar-refractivity contribution in [1.29, 1.82) is 0 Å². The quantitative estimate of drug-likeness (QED) is 0.690. The van der Waals surface area contributed by atoms with Crippen molar-refractivity contribution in [1.82, 2.24) is 16.2 Å². The van der Waals surface area contributed by atoms with Crippen LogP contribution in [0.5, 0.6) is 17.2 Å². The summed E-state index contributed by atoms with van der Waals surface area (Å²) in [5.41, 5.74) is 8.28. The van der Waals surface area contributed by atoms with E-state index in [1.54, 1.807) is 21.3 Å². The standard InChI is InChI=1S/C20H25N3O4/c1-25-17-9-13(10-18(26-2)19(17)27-3)12-21-20(24)16-11-15(22-23-16)14-7-5-4-6-8-14/h4-10,15-16,22-23H,11-12H2,1-3H3,(H,21,24). The maximum Gasteiger partial charge on any atom is 0.238 e. The molecule has 0 radical (unpaired) electrons. The van der Waals surface area contributed by atoms with E-state index in [9.17, 15) is 4.79 Å². The Balaban J connectivity index is 1.61. The van der Waals surface area contributed by atoms with E-state index in [-0.39, 0.29) is 18.0 Å². The Morgan fingerprint density at radius 3 is 2.30 bits per heavy atom. The molecule has 2 unspecified atom stereocenters. The molecular formula is C20H25N3O4. The minimum absolute atomic E-state index is 0.0605. The number of methoxy groups -OCH3 is 3. The number of carbonyl (C=O) groups excluding carboxylic acids is 1. The van der Waals surface area contributed by atoms with Gasteiger partial charge in [0.15, 0.2) is 11.5 Å². The van der Waals surface area contributed by atoms with Crippen LogP contribution in [0.3, 0.4) is 0 Å². The number of rotatable bonds is 7. The molecule has 3 rings (SSSR count). The molecule has 1 fully saturated rings. The van der Waals surface area contributed by atoms with Gasteiger partial charge in [0.05, 0.1) is 21.3 Å². The molecule has 0 spiro atoms. The van der Waals surface area contributed by atoms with Gasteiger partial charge in [-0.2, -0.15) is 0 Å².